The van der Waals surface area contributed by atoms with Crippen molar-refractivity contribution in [3.05, 3.63) is 26.6 Å². The number of aromatic nitrogens is 1. The summed E-state index contributed by atoms with van der Waals surface area (Å²) in [5.74, 6) is 0. The quantitative estimate of drug-likeness (QED) is 0.642. The molecule has 0 saturated carbocycles. The Morgan fingerprint density at radius 2 is 1.90 bits per heavy atom. The molecule has 0 radical (unpaired) electrons. The van der Waals surface area contributed by atoms with Gasteiger partial charge in [0.2, 0.25) is 0 Å². The van der Waals surface area contributed by atoms with E-state index in [2.05, 4.69) is 40.6 Å². The third-order valence-corrected chi connectivity index (χ3v) is 3.06. The van der Waals surface area contributed by atoms with Crippen LogP contribution in [0.15, 0.2) is 6.07 Å². The maximum Gasteiger partial charge on any atom is 0.0511 e. The van der Waals surface area contributed by atoms with Crippen molar-refractivity contribution in [1.29, 1.82) is 0 Å². The van der Waals surface area contributed by atoms with Gasteiger partial charge in [0, 0.05) is 9.26 Å². The molecule has 54 valence electrons. The van der Waals surface area contributed by atoms with Gasteiger partial charge in [0.25, 0.3) is 0 Å². The number of aryl methyl sites for hydroxylation is 3. The van der Waals surface area contributed by atoms with Gasteiger partial charge >= 0.3 is 0 Å². The zero-order chi connectivity index (χ0) is 7.72. The Kier molecular flexibility index (Phi) is 2.28. The first-order valence-corrected chi connectivity index (χ1v) is 4.29. The van der Waals surface area contributed by atoms with Crippen molar-refractivity contribution in [3.63, 3.8) is 0 Å². The highest BCUT2D eigenvalue weighted by atomic mass is 127. The molecule has 0 amide bonds. The molecule has 10 heavy (non-hydrogen) atoms. The van der Waals surface area contributed by atoms with Crippen molar-refractivity contribution in [2.45, 2.75) is 20.8 Å². The van der Waals surface area contributed by atoms with Gasteiger partial charge in [-0.2, -0.15) is 0 Å². The summed E-state index contributed by atoms with van der Waals surface area (Å²) in [5.41, 5.74) is 3.57. The largest absolute Gasteiger partial charge is 0.257 e. The zero-order valence-corrected chi connectivity index (χ0v) is 8.56. The van der Waals surface area contributed by atoms with Crippen LogP contribution in [0.5, 0.6) is 0 Å². The van der Waals surface area contributed by atoms with Crippen LogP contribution in [0.3, 0.4) is 0 Å². The average molecular weight is 247 g/mol. The lowest BCUT2D eigenvalue weighted by Gasteiger charge is -2.02. The summed E-state index contributed by atoms with van der Waals surface area (Å²) in [6, 6.07) is 2.11. The SMILES string of the molecule is Cc1cc(C)c(I)c(C)n1. The number of rotatable bonds is 0. The fraction of sp³-hybridized carbons (Fsp3) is 0.375. The lowest BCUT2D eigenvalue weighted by molar-refractivity contribution is 1.08. The Morgan fingerprint density at radius 1 is 1.30 bits per heavy atom. The van der Waals surface area contributed by atoms with Crippen LogP contribution in [-0.4, -0.2) is 4.98 Å². The van der Waals surface area contributed by atoms with Crippen molar-refractivity contribution >= 4 is 22.6 Å². The maximum absolute atomic E-state index is 4.33. The smallest absolute Gasteiger partial charge is 0.0511 e. The fourth-order valence-electron chi connectivity index (χ4n) is 1.01. The standard InChI is InChI=1S/C8H10IN/c1-5-4-6(2)10-7(3)8(5)9/h4H,1-3H3. The van der Waals surface area contributed by atoms with E-state index in [4.69, 9.17) is 0 Å². The minimum atomic E-state index is 1.11. The first-order chi connectivity index (χ1) is 4.61. The van der Waals surface area contributed by atoms with E-state index in [0.29, 0.717) is 0 Å². The molecule has 0 spiro atoms. The zero-order valence-electron chi connectivity index (χ0n) is 6.40. The molecule has 0 saturated heterocycles. The Morgan fingerprint density at radius 3 is 2.40 bits per heavy atom. The number of pyridine rings is 1. The molecule has 0 aliphatic heterocycles. The molecule has 0 aliphatic carbocycles. The minimum Gasteiger partial charge on any atom is -0.257 e. The highest BCUT2D eigenvalue weighted by Crippen LogP contribution is 2.14. The van der Waals surface area contributed by atoms with Crippen molar-refractivity contribution in [2.75, 3.05) is 0 Å². The molecule has 2 heteroatoms. The monoisotopic (exact) mass is 247 g/mol. The molecule has 0 aliphatic rings. The van der Waals surface area contributed by atoms with E-state index in [1.807, 2.05) is 13.8 Å². The van der Waals surface area contributed by atoms with Crippen LogP contribution in [0.1, 0.15) is 17.0 Å². The van der Waals surface area contributed by atoms with Crippen LogP contribution in [0, 0.1) is 24.3 Å². The Hall–Kier alpha value is -0.120. The van der Waals surface area contributed by atoms with E-state index in [-0.39, 0.29) is 0 Å². The third kappa shape index (κ3) is 1.48. The first-order valence-electron chi connectivity index (χ1n) is 3.21. The van der Waals surface area contributed by atoms with E-state index < -0.39 is 0 Å². The number of nitrogens with zero attached hydrogens (tertiary/aromatic N) is 1. The van der Waals surface area contributed by atoms with Crippen molar-refractivity contribution < 1.29 is 0 Å². The molecule has 0 atom stereocenters. The topological polar surface area (TPSA) is 12.9 Å². The van der Waals surface area contributed by atoms with Crippen molar-refractivity contribution in [3.8, 4) is 0 Å². The molecule has 1 aromatic rings. The molecule has 1 aromatic heterocycles. The second-order valence-corrected chi connectivity index (χ2v) is 3.56. The van der Waals surface area contributed by atoms with E-state index in [1.165, 1.54) is 9.13 Å². The maximum atomic E-state index is 4.33. The van der Waals surface area contributed by atoms with E-state index in [1.54, 1.807) is 0 Å². The van der Waals surface area contributed by atoms with Crippen LogP contribution >= 0.6 is 22.6 Å². The van der Waals surface area contributed by atoms with Gasteiger partial charge in [-0.15, -0.1) is 0 Å². The van der Waals surface area contributed by atoms with Crippen LogP contribution in [-0.2, 0) is 0 Å². The molecule has 0 fully saturated rings. The summed E-state index contributed by atoms with van der Waals surface area (Å²) < 4.78 is 1.28. The van der Waals surface area contributed by atoms with Crippen LogP contribution < -0.4 is 0 Å². The van der Waals surface area contributed by atoms with Crippen LogP contribution in [0.25, 0.3) is 0 Å². The number of hydrogen-bond donors (Lipinski definition) is 0. The summed E-state index contributed by atoms with van der Waals surface area (Å²) in [6.07, 6.45) is 0. The van der Waals surface area contributed by atoms with Crippen molar-refractivity contribution in [1.82, 2.24) is 4.98 Å². The van der Waals surface area contributed by atoms with E-state index in [0.717, 1.165) is 11.4 Å². The highest BCUT2D eigenvalue weighted by molar-refractivity contribution is 14.1. The van der Waals surface area contributed by atoms with Crippen LogP contribution in [0.2, 0.25) is 0 Å². The van der Waals surface area contributed by atoms with Gasteiger partial charge in [-0.3, -0.25) is 4.98 Å². The molecule has 0 unspecified atom stereocenters. The second kappa shape index (κ2) is 2.86. The van der Waals surface area contributed by atoms with Gasteiger partial charge in [-0.05, 0) is 55.0 Å². The minimum absolute atomic E-state index is 1.11. The molecule has 0 bridgehead atoms. The Bertz CT molecular complexity index is 232. The predicted molar refractivity (Wildman–Crippen MR) is 51.2 cm³/mol. The molecular formula is C8H10IN. The molecule has 1 rings (SSSR count). The number of halogens is 1. The number of hydrogen-bond acceptors (Lipinski definition) is 1. The summed E-state index contributed by atoms with van der Waals surface area (Å²) in [6.45, 7) is 6.18. The summed E-state index contributed by atoms with van der Waals surface area (Å²) in [5, 5.41) is 0. The van der Waals surface area contributed by atoms with E-state index in [9.17, 15) is 0 Å². The summed E-state index contributed by atoms with van der Waals surface area (Å²) in [4.78, 5) is 4.33. The van der Waals surface area contributed by atoms with Gasteiger partial charge in [0.1, 0.15) is 0 Å². The molecule has 0 aromatic carbocycles. The summed E-state index contributed by atoms with van der Waals surface area (Å²) >= 11 is 2.32. The van der Waals surface area contributed by atoms with Gasteiger partial charge in [-0.1, -0.05) is 0 Å². The van der Waals surface area contributed by atoms with Gasteiger partial charge in [0.15, 0.2) is 0 Å². The van der Waals surface area contributed by atoms with Gasteiger partial charge in [-0.25, -0.2) is 0 Å². The van der Waals surface area contributed by atoms with Gasteiger partial charge in [0.05, 0.1) is 5.69 Å². The highest BCUT2D eigenvalue weighted by Gasteiger charge is 1.99. The predicted octanol–water partition coefficient (Wildman–Crippen LogP) is 2.61. The Labute approximate surface area is 75.0 Å². The second-order valence-electron chi connectivity index (χ2n) is 2.48. The molecular weight excluding hydrogens is 237 g/mol. The molecule has 1 nitrogen and oxygen atoms in total. The normalized spacial score (nSPS) is 10.0. The third-order valence-electron chi connectivity index (χ3n) is 1.43. The molecule has 1 heterocycles. The first kappa shape index (κ1) is 7.98. The van der Waals surface area contributed by atoms with Crippen LogP contribution in [0.4, 0.5) is 0 Å². The average Bonchev–Trinajstić information content (AvgIpc) is 1.82. The van der Waals surface area contributed by atoms with Gasteiger partial charge < -0.3 is 0 Å². The molecule has 0 N–H and O–H groups in total. The fourth-order valence-corrected chi connectivity index (χ4v) is 1.28. The Balaban J connectivity index is 3.31. The van der Waals surface area contributed by atoms with E-state index >= 15 is 0 Å². The lowest BCUT2D eigenvalue weighted by atomic mass is 10.2. The van der Waals surface area contributed by atoms with Crippen molar-refractivity contribution in [2.24, 2.45) is 0 Å². The lowest BCUT2D eigenvalue weighted by Crippen LogP contribution is -1.92. The summed E-state index contributed by atoms with van der Waals surface area (Å²) in [7, 11) is 0.